The van der Waals surface area contributed by atoms with Crippen molar-refractivity contribution in [3.63, 3.8) is 0 Å². The van der Waals surface area contributed by atoms with Crippen LogP contribution in [0.25, 0.3) is 10.4 Å². The molecule has 1 saturated heterocycles. The largest absolute Gasteiger partial charge is 0.369 e. The van der Waals surface area contributed by atoms with E-state index in [4.69, 9.17) is 5.73 Å². The van der Waals surface area contributed by atoms with Gasteiger partial charge in [0.2, 0.25) is 11.8 Å². The monoisotopic (exact) mass is 447 g/mol. The van der Waals surface area contributed by atoms with Crippen LogP contribution in [0.5, 0.6) is 0 Å². The van der Waals surface area contributed by atoms with Gasteiger partial charge in [-0.25, -0.2) is 0 Å². The van der Waals surface area contributed by atoms with Crippen molar-refractivity contribution >= 4 is 23.2 Å². The van der Waals surface area contributed by atoms with Crippen molar-refractivity contribution in [3.8, 4) is 10.4 Å². The van der Waals surface area contributed by atoms with Crippen LogP contribution in [-0.2, 0) is 22.4 Å². The number of aryl methyl sites for hydroxylation is 1. The minimum Gasteiger partial charge on any atom is -0.369 e. The fourth-order valence-corrected chi connectivity index (χ4v) is 5.32. The minimum atomic E-state index is -0.613. The van der Waals surface area contributed by atoms with E-state index >= 15 is 0 Å². The number of pyridine rings is 1. The van der Waals surface area contributed by atoms with Gasteiger partial charge >= 0.3 is 0 Å². The molecule has 2 aromatic heterocycles. The summed E-state index contributed by atoms with van der Waals surface area (Å²) in [5.41, 5.74) is 8.64. The van der Waals surface area contributed by atoms with Crippen molar-refractivity contribution in [3.05, 3.63) is 77.4 Å². The molecule has 6 heteroatoms. The van der Waals surface area contributed by atoms with Gasteiger partial charge in [-0.2, -0.15) is 0 Å². The van der Waals surface area contributed by atoms with Crippen LogP contribution >= 0.6 is 11.3 Å². The van der Waals surface area contributed by atoms with Crippen molar-refractivity contribution in [2.45, 2.75) is 38.5 Å². The summed E-state index contributed by atoms with van der Waals surface area (Å²) in [6, 6.07) is 18.2. The van der Waals surface area contributed by atoms with Crippen LogP contribution in [0.15, 0.2) is 66.2 Å². The van der Waals surface area contributed by atoms with E-state index in [1.54, 1.807) is 17.5 Å². The highest BCUT2D eigenvalue weighted by atomic mass is 32.1. The number of thiophene rings is 1. The molecular formula is C26H29N3O2S. The zero-order chi connectivity index (χ0) is 22.4. The molecule has 2 N–H and O–H groups in total. The Balaban J connectivity index is 1.38. The Bertz CT molecular complexity index is 1040. The summed E-state index contributed by atoms with van der Waals surface area (Å²) in [6.45, 7) is 1.15. The summed E-state index contributed by atoms with van der Waals surface area (Å²) in [4.78, 5) is 32.7. The Morgan fingerprint density at radius 2 is 1.81 bits per heavy atom. The van der Waals surface area contributed by atoms with Crippen molar-refractivity contribution in [1.29, 1.82) is 0 Å². The van der Waals surface area contributed by atoms with Crippen LogP contribution in [0, 0.1) is 5.41 Å². The predicted molar refractivity (Wildman–Crippen MR) is 128 cm³/mol. The van der Waals surface area contributed by atoms with Gasteiger partial charge in [-0.1, -0.05) is 36.4 Å². The molecule has 0 aliphatic carbocycles. The number of aromatic nitrogens is 1. The Labute approximate surface area is 193 Å². The SMILES string of the molecule is NC(=O)C1(Cc2ccccc2-c2cccs2)CCN(C(=O)CCCc2ccccn2)CC1. The molecule has 1 aromatic carbocycles. The van der Waals surface area contributed by atoms with Gasteiger partial charge in [0.05, 0.1) is 5.41 Å². The van der Waals surface area contributed by atoms with Gasteiger partial charge in [-0.15, -0.1) is 11.3 Å². The Hall–Kier alpha value is -2.99. The van der Waals surface area contributed by atoms with Crippen LogP contribution < -0.4 is 5.73 Å². The van der Waals surface area contributed by atoms with Crippen LogP contribution in [0.3, 0.4) is 0 Å². The van der Waals surface area contributed by atoms with Crippen LogP contribution in [0.2, 0.25) is 0 Å². The lowest BCUT2D eigenvalue weighted by atomic mass is 9.72. The van der Waals surface area contributed by atoms with Crippen LogP contribution in [-0.4, -0.2) is 34.8 Å². The second-order valence-electron chi connectivity index (χ2n) is 8.51. The number of primary amides is 1. The maximum absolute atomic E-state index is 12.7. The number of hydrogen-bond donors (Lipinski definition) is 1. The lowest BCUT2D eigenvalue weighted by molar-refractivity contribution is -0.139. The van der Waals surface area contributed by atoms with Gasteiger partial charge in [0.25, 0.3) is 0 Å². The second-order valence-corrected chi connectivity index (χ2v) is 9.46. The first-order valence-corrected chi connectivity index (χ1v) is 12.0. The molecule has 3 aromatic rings. The quantitative estimate of drug-likeness (QED) is 0.553. The molecule has 0 saturated carbocycles. The van der Waals surface area contributed by atoms with Gasteiger partial charge in [0.1, 0.15) is 0 Å². The Morgan fingerprint density at radius 1 is 1.03 bits per heavy atom. The van der Waals surface area contributed by atoms with Gasteiger partial charge in [0, 0.05) is 36.3 Å². The summed E-state index contributed by atoms with van der Waals surface area (Å²) >= 11 is 1.70. The number of nitrogens with zero attached hydrogens (tertiary/aromatic N) is 2. The first-order chi connectivity index (χ1) is 15.6. The molecule has 0 radical (unpaired) electrons. The third-order valence-corrected chi connectivity index (χ3v) is 7.38. The molecule has 1 fully saturated rings. The highest BCUT2D eigenvalue weighted by molar-refractivity contribution is 7.13. The van der Waals surface area contributed by atoms with Crippen molar-refractivity contribution in [2.24, 2.45) is 11.1 Å². The topological polar surface area (TPSA) is 76.3 Å². The standard InChI is InChI=1S/C26H29N3O2S/c27-25(31)26(19-20-7-1-2-10-22(20)23-11-6-18-32-23)13-16-29(17-14-26)24(30)12-5-9-21-8-3-4-15-28-21/h1-4,6-8,10-11,15,18H,5,9,12-14,16-17,19H2,(H2,27,31). The van der Waals surface area contributed by atoms with E-state index in [9.17, 15) is 9.59 Å². The van der Waals surface area contributed by atoms with Gasteiger partial charge < -0.3 is 10.6 Å². The van der Waals surface area contributed by atoms with Gasteiger partial charge in [-0.05, 0) is 66.8 Å². The molecule has 4 rings (SSSR count). The lowest BCUT2D eigenvalue weighted by Crippen LogP contribution is -2.49. The molecule has 5 nitrogen and oxygen atoms in total. The van der Waals surface area contributed by atoms with E-state index < -0.39 is 5.41 Å². The summed E-state index contributed by atoms with van der Waals surface area (Å²) in [5, 5.41) is 2.06. The normalized spacial score (nSPS) is 15.4. The number of hydrogen-bond acceptors (Lipinski definition) is 4. The summed E-state index contributed by atoms with van der Waals surface area (Å²) in [7, 11) is 0. The highest BCUT2D eigenvalue weighted by Gasteiger charge is 2.41. The molecule has 32 heavy (non-hydrogen) atoms. The summed E-state index contributed by atoms with van der Waals surface area (Å²) in [6.07, 6.45) is 5.67. The average Bonchev–Trinajstić information content (AvgIpc) is 3.35. The number of piperidine rings is 1. The molecule has 166 valence electrons. The second kappa shape index (κ2) is 10.1. The van der Waals surface area contributed by atoms with Crippen molar-refractivity contribution < 1.29 is 9.59 Å². The van der Waals surface area contributed by atoms with Gasteiger partial charge in [-0.3, -0.25) is 14.6 Å². The number of likely N-dealkylation sites (tertiary alicyclic amines) is 1. The maximum atomic E-state index is 12.7. The van der Waals surface area contributed by atoms with E-state index in [1.807, 2.05) is 41.3 Å². The van der Waals surface area contributed by atoms with Crippen molar-refractivity contribution in [2.75, 3.05) is 13.1 Å². The number of rotatable bonds is 8. The van der Waals surface area contributed by atoms with Crippen LogP contribution in [0.4, 0.5) is 0 Å². The molecule has 0 spiro atoms. The zero-order valence-electron chi connectivity index (χ0n) is 18.2. The molecular weight excluding hydrogens is 418 g/mol. The van der Waals surface area contributed by atoms with Gasteiger partial charge in [0.15, 0.2) is 0 Å². The third kappa shape index (κ3) is 5.07. The Morgan fingerprint density at radius 3 is 2.50 bits per heavy atom. The minimum absolute atomic E-state index is 0.151. The third-order valence-electron chi connectivity index (χ3n) is 6.48. The highest BCUT2D eigenvalue weighted by Crippen LogP contribution is 2.38. The smallest absolute Gasteiger partial charge is 0.224 e. The fourth-order valence-electron chi connectivity index (χ4n) is 4.53. The molecule has 1 aliphatic rings. The molecule has 0 bridgehead atoms. The van der Waals surface area contributed by atoms with Crippen molar-refractivity contribution in [1.82, 2.24) is 9.88 Å². The number of carbonyl (C=O) groups is 2. The maximum Gasteiger partial charge on any atom is 0.224 e. The number of amides is 2. The Kier molecular flexibility index (Phi) is 7.00. The number of benzene rings is 1. The van der Waals surface area contributed by atoms with E-state index in [1.165, 1.54) is 4.88 Å². The molecule has 0 atom stereocenters. The fraction of sp³-hybridized carbons (Fsp3) is 0.346. The number of nitrogens with two attached hydrogens (primary N) is 1. The summed E-state index contributed by atoms with van der Waals surface area (Å²) in [5.74, 6) is -0.112. The van der Waals surface area contributed by atoms with E-state index in [-0.39, 0.29) is 11.8 Å². The lowest BCUT2D eigenvalue weighted by Gasteiger charge is -2.40. The first kappa shape index (κ1) is 22.2. The van der Waals surface area contributed by atoms with E-state index in [2.05, 4.69) is 28.6 Å². The number of carbonyl (C=O) groups excluding carboxylic acids is 2. The first-order valence-electron chi connectivity index (χ1n) is 11.2. The molecule has 0 unspecified atom stereocenters. The summed E-state index contributed by atoms with van der Waals surface area (Å²) < 4.78 is 0. The van der Waals surface area contributed by atoms with E-state index in [0.717, 1.165) is 29.7 Å². The molecule has 1 aliphatic heterocycles. The average molecular weight is 448 g/mol. The van der Waals surface area contributed by atoms with Crippen LogP contribution in [0.1, 0.15) is 36.9 Å². The molecule has 2 amide bonds. The zero-order valence-corrected chi connectivity index (χ0v) is 19.0. The predicted octanol–water partition coefficient (Wildman–Crippen LogP) is 4.47. The van der Waals surface area contributed by atoms with E-state index in [0.29, 0.717) is 38.8 Å². The molecule has 3 heterocycles.